The molecule has 2 atom stereocenters. The fraction of sp³-hybridized carbons (Fsp3) is 0.923. The number of ether oxygens (including phenoxy) is 1. The van der Waals surface area contributed by atoms with Gasteiger partial charge in [-0.15, -0.1) is 0 Å². The molecule has 1 fully saturated rings. The number of hydrogen-bond donors (Lipinski definition) is 1. The molecule has 0 spiro atoms. The first kappa shape index (κ1) is 14.3. The van der Waals surface area contributed by atoms with Crippen LogP contribution in [0.15, 0.2) is 0 Å². The Kier molecular flexibility index (Phi) is 4.80. The summed E-state index contributed by atoms with van der Waals surface area (Å²) < 4.78 is 5.41. The highest BCUT2D eigenvalue weighted by atomic mass is 16.6. The van der Waals surface area contributed by atoms with Crippen LogP contribution in [-0.2, 0) is 4.74 Å². The van der Waals surface area contributed by atoms with E-state index in [-0.39, 0.29) is 12.1 Å². The van der Waals surface area contributed by atoms with E-state index in [1.807, 2.05) is 32.6 Å². The fourth-order valence-corrected chi connectivity index (χ4v) is 2.10. The molecule has 1 saturated heterocycles. The van der Waals surface area contributed by atoms with E-state index in [0.29, 0.717) is 5.92 Å². The lowest BCUT2D eigenvalue weighted by molar-refractivity contribution is 0.0230. The van der Waals surface area contributed by atoms with E-state index in [1.54, 1.807) is 0 Å². The molecule has 0 aromatic carbocycles. The highest BCUT2D eigenvalue weighted by molar-refractivity contribution is 5.68. The maximum atomic E-state index is 12.0. The molecule has 1 rings (SSSR count). The zero-order chi connectivity index (χ0) is 13.1. The zero-order valence-corrected chi connectivity index (χ0v) is 11.5. The second-order valence-electron chi connectivity index (χ2n) is 6.04. The minimum atomic E-state index is -0.423. The molecule has 100 valence electrons. The molecule has 17 heavy (non-hydrogen) atoms. The number of carbonyl (C=O) groups is 1. The molecule has 1 unspecified atom stereocenters. The summed E-state index contributed by atoms with van der Waals surface area (Å²) in [5, 5.41) is 0. The van der Waals surface area contributed by atoms with Gasteiger partial charge in [0.05, 0.1) is 0 Å². The van der Waals surface area contributed by atoms with Crippen LogP contribution in [-0.4, -0.2) is 35.7 Å². The van der Waals surface area contributed by atoms with Gasteiger partial charge in [-0.25, -0.2) is 4.79 Å². The lowest BCUT2D eigenvalue weighted by Gasteiger charge is -2.29. The quantitative estimate of drug-likeness (QED) is 0.768. The molecule has 0 aromatic heterocycles. The fourth-order valence-electron chi connectivity index (χ4n) is 2.10. The minimum Gasteiger partial charge on any atom is -0.444 e. The average molecular weight is 242 g/mol. The van der Waals surface area contributed by atoms with E-state index in [1.165, 1.54) is 0 Å². The summed E-state index contributed by atoms with van der Waals surface area (Å²) in [5.74, 6) is 0.394. The van der Waals surface area contributed by atoms with Crippen molar-refractivity contribution in [2.24, 2.45) is 11.7 Å². The summed E-state index contributed by atoms with van der Waals surface area (Å²) in [6.45, 7) is 9.22. The van der Waals surface area contributed by atoms with Gasteiger partial charge in [-0.05, 0) is 46.5 Å². The molecule has 4 nitrogen and oxygen atoms in total. The van der Waals surface area contributed by atoms with Crippen LogP contribution in [0.4, 0.5) is 4.79 Å². The summed E-state index contributed by atoms with van der Waals surface area (Å²) in [7, 11) is 0. The SMILES string of the molecule is C[C@@H](N)C1CCCCN(C(=O)OC(C)(C)C)C1. The number of nitrogens with zero attached hydrogens (tertiary/aromatic N) is 1. The van der Waals surface area contributed by atoms with E-state index in [0.717, 1.165) is 32.4 Å². The summed E-state index contributed by atoms with van der Waals surface area (Å²) in [4.78, 5) is 13.8. The molecule has 0 aliphatic carbocycles. The van der Waals surface area contributed by atoms with E-state index < -0.39 is 5.60 Å². The van der Waals surface area contributed by atoms with Crippen LogP contribution in [0.25, 0.3) is 0 Å². The van der Waals surface area contributed by atoms with Crippen LogP contribution < -0.4 is 5.73 Å². The Morgan fingerprint density at radius 2 is 2.06 bits per heavy atom. The summed E-state index contributed by atoms with van der Waals surface area (Å²) >= 11 is 0. The lowest BCUT2D eigenvalue weighted by atomic mass is 9.97. The van der Waals surface area contributed by atoms with Crippen LogP contribution in [0.1, 0.15) is 47.0 Å². The van der Waals surface area contributed by atoms with Crippen molar-refractivity contribution in [3.8, 4) is 0 Å². The predicted octanol–water partition coefficient (Wildman–Crippen LogP) is 2.37. The Balaban J connectivity index is 2.59. The Morgan fingerprint density at radius 1 is 1.41 bits per heavy atom. The van der Waals surface area contributed by atoms with E-state index in [2.05, 4.69) is 0 Å². The van der Waals surface area contributed by atoms with Crippen LogP contribution in [0.3, 0.4) is 0 Å². The predicted molar refractivity (Wildman–Crippen MR) is 68.8 cm³/mol. The molecule has 0 bridgehead atoms. The maximum Gasteiger partial charge on any atom is 0.410 e. The van der Waals surface area contributed by atoms with Gasteiger partial charge in [-0.3, -0.25) is 0 Å². The maximum absolute atomic E-state index is 12.0. The summed E-state index contributed by atoms with van der Waals surface area (Å²) in [6.07, 6.45) is 3.09. The van der Waals surface area contributed by atoms with Gasteiger partial charge in [0.1, 0.15) is 5.60 Å². The topological polar surface area (TPSA) is 55.6 Å². The van der Waals surface area contributed by atoms with Gasteiger partial charge in [-0.2, -0.15) is 0 Å². The molecule has 1 aliphatic heterocycles. The van der Waals surface area contributed by atoms with E-state index in [4.69, 9.17) is 10.5 Å². The van der Waals surface area contributed by atoms with E-state index in [9.17, 15) is 4.79 Å². The number of amides is 1. The Hall–Kier alpha value is -0.770. The van der Waals surface area contributed by atoms with Crippen molar-refractivity contribution in [1.82, 2.24) is 4.90 Å². The van der Waals surface area contributed by atoms with Gasteiger partial charge >= 0.3 is 6.09 Å². The number of carbonyl (C=O) groups excluding carboxylic acids is 1. The highest BCUT2D eigenvalue weighted by Crippen LogP contribution is 2.20. The second kappa shape index (κ2) is 5.71. The lowest BCUT2D eigenvalue weighted by Crippen LogP contribution is -2.42. The monoisotopic (exact) mass is 242 g/mol. The van der Waals surface area contributed by atoms with Gasteiger partial charge in [-0.1, -0.05) is 6.42 Å². The number of likely N-dealkylation sites (tertiary alicyclic amines) is 1. The minimum absolute atomic E-state index is 0.137. The van der Waals surface area contributed by atoms with Crippen molar-refractivity contribution in [1.29, 1.82) is 0 Å². The first-order chi connectivity index (χ1) is 7.79. The van der Waals surface area contributed by atoms with Crippen molar-refractivity contribution in [3.63, 3.8) is 0 Å². The smallest absolute Gasteiger partial charge is 0.410 e. The third-order valence-corrected chi connectivity index (χ3v) is 3.10. The highest BCUT2D eigenvalue weighted by Gasteiger charge is 2.27. The number of nitrogens with two attached hydrogens (primary N) is 1. The van der Waals surface area contributed by atoms with Crippen molar-refractivity contribution in [2.45, 2.75) is 58.6 Å². The molecule has 0 aromatic rings. The standard InChI is InChI=1S/C13H26N2O2/c1-10(14)11-7-5-6-8-15(9-11)12(16)17-13(2,3)4/h10-11H,5-9,14H2,1-4H3/t10-,11?/m1/s1. The van der Waals surface area contributed by atoms with Gasteiger partial charge < -0.3 is 15.4 Å². The summed E-state index contributed by atoms with van der Waals surface area (Å²) in [5.41, 5.74) is 5.52. The Labute approximate surface area is 104 Å². The molecule has 4 heteroatoms. The molecule has 2 N–H and O–H groups in total. The first-order valence-corrected chi connectivity index (χ1v) is 6.53. The Bertz CT molecular complexity index is 259. The van der Waals surface area contributed by atoms with Gasteiger partial charge in [0.25, 0.3) is 0 Å². The number of hydrogen-bond acceptors (Lipinski definition) is 3. The third kappa shape index (κ3) is 4.94. The molecule has 0 radical (unpaired) electrons. The van der Waals surface area contributed by atoms with Crippen LogP contribution >= 0.6 is 0 Å². The Morgan fingerprint density at radius 3 is 2.59 bits per heavy atom. The van der Waals surface area contributed by atoms with Crippen molar-refractivity contribution in [3.05, 3.63) is 0 Å². The van der Waals surface area contributed by atoms with Crippen molar-refractivity contribution in [2.75, 3.05) is 13.1 Å². The molecular formula is C13H26N2O2. The van der Waals surface area contributed by atoms with Gasteiger partial charge in [0.15, 0.2) is 0 Å². The van der Waals surface area contributed by atoms with Crippen LogP contribution in [0.2, 0.25) is 0 Å². The summed E-state index contributed by atoms with van der Waals surface area (Å²) in [6, 6.07) is 0.137. The van der Waals surface area contributed by atoms with E-state index >= 15 is 0 Å². The van der Waals surface area contributed by atoms with Crippen LogP contribution in [0, 0.1) is 5.92 Å². The zero-order valence-electron chi connectivity index (χ0n) is 11.5. The van der Waals surface area contributed by atoms with Crippen molar-refractivity contribution >= 4 is 6.09 Å². The molecule has 1 aliphatic rings. The van der Waals surface area contributed by atoms with Gasteiger partial charge in [0, 0.05) is 19.1 Å². The largest absolute Gasteiger partial charge is 0.444 e. The number of rotatable bonds is 1. The van der Waals surface area contributed by atoms with Gasteiger partial charge in [0.2, 0.25) is 0 Å². The molecule has 0 saturated carbocycles. The van der Waals surface area contributed by atoms with Crippen LogP contribution in [0.5, 0.6) is 0 Å². The molecular weight excluding hydrogens is 216 g/mol. The normalized spacial score (nSPS) is 24.1. The molecule has 1 heterocycles. The first-order valence-electron chi connectivity index (χ1n) is 6.53. The second-order valence-corrected chi connectivity index (χ2v) is 6.04. The third-order valence-electron chi connectivity index (χ3n) is 3.10. The van der Waals surface area contributed by atoms with Crippen molar-refractivity contribution < 1.29 is 9.53 Å². The average Bonchev–Trinajstić information content (AvgIpc) is 2.39. The molecule has 1 amide bonds.